The first kappa shape index (κ1) is 10.8. The van der Waals surface area contributed by atoms with E-state index < -0.39 is 0 Å². The molecule has 88 valence electrons. The monoisotopic (exact) mass is 248 g/mol. The molecule has 1 aromatic carbocycles. The Balaban J connectivity index is 1.72. The average Bonchev–Trinajstić information content (AvgIpc) is 3.06. The van der Waals surface area contributed by atoms with Crippen LogP contribution in [0.4, 0.5) is 0 Å². The minimum Gasteiger partial charge on any atom is -0.439 e. The van der Waals surface area contributed by atoms with Gasteiger partial charge in [0.25, 0.3) is 0 Å². The fraction of sp³-hybridized carbons (Fsp3) is 0.308. The Bertz CT molecular complexity index is 502. The zero-order valence-corrected chi connectivity index (χ0v) is 10.1. The van der Waals surface area contributed by atoms with Crippen molar-refractivity contribution in [2.45, 2.75) is 25.4 Å². The second-order valence-corrected chi connectivity index (χ2v) is 4.72. The second kappa shape index (κ2) is 4.51. The number of hydrogen-bond donors (Lipinski definition) is 1. The number of oxazole rings is 1. The third-order valence-corrected chi connectivity index (χ3v) is 3.05. The molecule has 1 heterocycles. The standard InChI is InChI=1S/C13H13ClN2O/c14-10-3-1-9(2-4-10)12-7-16-13(17-12)8-15-11-5-6-11/h1-4,7,11,15H,5-6,8H2. The maximum absolute atomic E-state index is 5.84. The zero-order chi connectivity index (χ0) is 11.7. The maximum Gasteiger partial charge on any atom is 0.208 e. The van der Waals surface area contributed by atoms with Crippen LogP contribution < -0.4 is 5.32 Å². The van der Waals surface area contributed by atoms with Crippen molar-refractivity contribution in [3.05, 3.63) is 41.4 Å². The number of nitrogens with zero attached hydrogens (tertiary/aromatic N) is 1. The summed E-state index contributed by atoms with van der Waals surface area (Å²) < 4.78 is 5.67. The molecule has 0 spiro atoms. The van der Waals surface area contributed by atoms with Crippen LogP contribution in [0.5, 0.6) is 0 Å². The molecule has 1 fully saturated rings. The molecule has 0 unspecified atom stereocenters. The van der Waals surface area contributed by atoms with Crippen molar-refractivity contribution in [3.63, 3.8) is 0 Å². The highest BCUT2D eigenvalue weighted by molar-refractivity contribution is 6.30. The van der Waals surface area contributed by atoms with Crippen LogP contribution in [0.3, 0.4) is 0 Å². The van der Waals surface area contributed by atoms with Crippen molar-refractivity contribution in [3.8, 4) is 11.3 Å². The van der Waals surface area contributed by atoms with Gasteiger partial charge in [-0.15, -0.1) is 0 Å². The van der Waals surface area contributed by atoms with E-state index in [2.05, 4.69) is 10.3 Å². The van der Waals surface area contributed by atoms with E-state index in [0.717, 1.165) is 22.2 Å². The lowest BCUT2D eigenvalue weighted by molar-refractivity contribution is 0.476. The summed E-state index contributed by atoms with van der Waals surface area (Å²) in [5.41, 5.74) is 1.000. The number of halogens is 1. The summed E-state index contributed by atoms with van der Waals surface area (Å²) in [5, 5.41) is 4.10. The molecule has 1 aliphatic rings. The van der Waals surface area contributed by atoms with E-state index in [9.17, 15) is 0 Å². The van der Waals surface area contributed by atoms with Crippen molar-refractivity contribution in [2.75, 3.05) is 0 Å². The molecule has 4 heteroatoms. The Morgan fingerprint density at radius 1 is 1.29 bits per heavy atom. The third kappa shape index (κ3) is 2.68. The van der Waals surface area contributed by atoms with Gasteiger partial charge in [0.2, 0.25) is 5.89 Å². The first-order valence-electron chi connectivity index (χ1n) is 5.75. The Kier molecular flexibility index (Phi) is 2.87. The lowest BCUT2D eigenvalue weighted by Gasteiger charge is -1.98. The van der Waals surface area contributed by atoms with Gasteiger partial charge in [0.05, 0.1) is 12.7 Å². The molecule has 3 rings (SSSR count). The summed E-state index contributed by atoms with van der Waals surface area (Å²) in [6.45, 7) is 0.707. The highest BCUT2D eigenvalue weighted by atomic mass is 35.5. The van der Waals surface area contributed by atoms with Crippen molar-refractivity contribution in [1.82, 2.24) is 10.3 Å². The summed E-state index contributed by atoms with van der Waals surface area (Å²) in [4.78, 5) is 4.25. The quantitative estimate of drug-likeness (QED) is 0.903. The predicted octanol–water partition coefficient (Wildman–Crippen LogP) is 3.25. The van der Waals surface area contributed by atoms with Gasteiger partial charge in [0.1, 0.15) is 0 Å². The topological polar surface area (TPSA) is 38.1 Å². The predicted molar refractivity (Wildman–Crippen MR) is 66.8 cm³/mol. The number of aromatic nitrogens is 1. The highest BCUT2D eigenvalue weighted by Gasteiger charge is 2.20. The molecule has 3 nitrogen and oxygen atoms in total. The summed E-state index contributed by atoms with van der Waals surface area (Å²) in [6, 6.07) is 8.23. The fourth-order valence-electron chi connectivity index (χ4n) is 1.66. The fourth-order valence-corrected chi connectivity index (χ4v) is 1.78. The van der Waals surface area contributed by atoms with Crippen molar-refractivity contribution < 1.29 is 4.42 Å². The van der Waals surface area contributed by atoms with Crippen LogP contribution in [0.2, 0.25) is 5.02 Å². The second-order valence-electron chi connectivity index (χ2n) is 4.28. The molecular formula is C13H13ClN2O. The molecule has 1 saturated carbocycles. The summed E-state index contributed by atoms with van der Waals surface area (Å²) in [6.07, 6.45) is 4.29. The lowest BCUT2D eigenvalue weighted by atomic mass is 10.2. The molecule has 0 radical (unpaired) electrons. The zero-order valence-electron chi connectivity index (χ0n) is 9.32. The Morgan fingerprint density at radius 2 is 2.06 bits per heavy atom. The molecule has 2 aromatic rings. The van der Waals surface area contributed by atoms with Gasteiger partial charge in [-0.25, -0.2) is 4.98 Å². The minimum atomic E-state index is 0.667. The largest absolute Gasteiger partial charge is 0.439 e. The minimum absolute atomic E-state index is 0.667. The number of benzene rings is 1. The van der Waals surface area contributed by atoms with Crippen molar-refractivity contribution >= 4 is 11.6 Å². The maximum atomic E-state index is 5.84. The van der Waals surface area contributed by atoms with E-state index >= 15 is 0 Å². The average molecular weight is 249 g/mol. The van der Waals surface area contributed by atoms with Crippen LogP contribution >= 0.6 is 11.6 Å². The van der Waals surface area contributed by atoms with Gasteiger partial charge in [-0.1, -0.05) is 11.6 Å². The lowest BCUT2D eigenvalue weighted by Crippen LogP contribution is -2.15. The smallest absolute Gasteiger partial charge is 0.208 e. The summed E-state index contributed by atoms with van der Waals surface area (Å²) in [5.74, 6) is 1.52. The van der Waals surface area contributed by atoms with Gasteiger partial charge in [-0.3, -0.25) is 0 Å². The normalized spacial score (nSPS) is 15.1. The molecule has 0 saturated heterocycles. The van der Waals surface area contributed by atoms with Crippen LogP contribution in [-0.2, 0) is 6.54 Å². The van der Waals surface area contributed by atoms with Gasteiger partial charge in [0.15, 0.2) is 5.76 Å². The summed E-state index contributed by atoms with van der Waals surface area (Å²) in [7, 11) is 0. The number of rotatable bonds is 4. The number of hydrogen-bond acceptors (Lipinski definition) is 3. The molecule has 1 N–H and O–H groups in total. The van der Waals surface area contributed by atoms with Crippen LogP contribution in [-0.4, -0.2) is 11.0 Å². The van der Waals surface area contributed by atoms with E-state index in [0.29, 0.717) is 12.6 Å². The molecule has 0 aliphatic heterocycles. The third-order valence-electron chi connectivity index (χ3n) is 2.80. The molecule has 17 heavy (non-hydrogen) atoms. The van der Waals surface area contributed by atoms with E-state index in [1.54, 1.807) is 6.20 Å². The van der Waals surface area contributed by atoms with Crippen molar-refractivity contribution in [1.29, 1.82) is 0 Å². The summed E-state index contributed by atoms with van der Waals surface area (Å²) >= 11 is 5.84. The van der Waals surface area contributed by atoms with E-state index in [1.807, 2.05) is 24.3 Å². The van der Waals surface area contributed by atoms with Crippen LogP contribution in [0, 0.1) is 0 Å². The van der Waals surface area contributed by atoms with E-state index in [4.69, 9.17) is 16.0 Å². The SMILES string of the molecule is Clc1ccc(-c2cnc(CNC3CC3)o2)cc1. The molecule has 0 bridgehead atoms. The molecule has 1 aromatic heterocycles. The number of nitrogens with one attached hydrogen (secondary N) is 1. The highest BCUT2D eigenvalue weighted by Crippen LogP contribution is 2.23. The Hall–Kier alpha value is -1.32. The van der Waals surface area contributed by atoms with Crippen LogP contribution in [0.1, 0.15) is 18.7 Å². The Morgan fingerprint density at radius 3 is 2.76 bits per heavy atom. The van der Waals surface area contributed by atoms with Crippen LogP contribution in [0.15, 0.2) is 34.9 Å². The van der Waals surface area contributed by atoms with E-state index in [-0.39, 0.29) is 0 Å². The van der Waals surface area contributed by atoms with Crippen LogP contribution in [0.25, 0.3) is 11.3 Å². The van der Waals surface area contributed by atoms with Gasteiger partial charge in [0, 0.05) is 16.6 Å². The molecule has 1 aliphatic carbocycles. The molecular weight excluding hydrogens is 236 g/mol. The Labute approximate surface area is 105 Å². The van der Waals surface area contributed by atoms with Gasteiger partial charge in [-0.05, 0) is 37.1 Å². The molecule has 0 amide bonds. The van der Waals surface area contributed by atoms with Crippen molar-refractivity contribution in [2.24, 2.45) is 0 Å². The first-order valence-corrected chi connectivity index (χ1v) is 6.13. The molecule has 0 atom stereocenters. The van der Waals surface area contributed by atoms with E-state index in [1.165, 1.54) is 12.8 Å². The van der Waals surface area contributed by atoms with Gasteiger partial charge in [-0.2, -0.15) is 0 Å². The van der Waals surface area contributed by atoms with Gasteiger partial charge >= 0.3 is 0 Å². The first-order chi connectivity index (χ1) is 8.31. The van der Waals surface area contributed by atoms with Gasteiger partial charge < -0.3 is 9.73 Å².